The van der Waals surface area contributed by atoms with Crippen LogP contribution < -0.4 is 15.2 Å². The van der Waals surface area contributed by atoms with E-state index in [1.165, 1.54) is 25.3 Å². The lowest BCUT2D eigenvalue weighted by Gasteiger charge is -2.10. The van der Waals surface area contributed by atoms with E-state index >= 15 is 0 Å². The first-order valence-corrected chi connectivity index (χ1v) is 7.88. The molecular formula is C13H20N2O4S. The Morgan fingerprint density at radius 1 is 1.35 bits per heavy atom. The number of primary amides is 1. The van der Waals surface area contributed by atoms with Gasteiger partial charge in [0.05, 0.1) is 17.6 Å². The lowest BCUT2D eigenvalue weighted by Crippen LogP contribution is -2.25. The molecule has 0 radical (unpaired) electrons. The van der Waals surface area contributed by atoms with Crippen molar-refractivity contribution in [3.63, 3.8) is 0 Å². The summed E-state index contributed by atoms with van der Waals surface area (Å²) in [5.74, 6) is -0.479. The van der Waals surface area contributed by atoms with Crippen molar-refractivity contribution < 1.29 is 17.9 Å². The first-order valence-electron chi connectivity index (χ1n) is 6.40. The van der Waals surface area contributed by atoms with Gasteiger partial charge in [-0.05, 0) is 24.6 Å². The van der Waals surface area contributed by atoms with E-state index in [9.17, 15) is 13.2 Å². The predicted molar refractivity (Wildman–Crippen MR) is 76.2 cm³/mol. The van der Waals surface area contributed by atoms with Gasteiger partial charge >= 0.3 is 0 Å². The van der Waals surface area contributed by atoms with Crippen LogP contribution in [0.2, 0.25) is 0 Å². The first kappa shape index (κ1) is 16.5. The Bertz CT molecular complexity index is 570. The van der Waals surface area contributed by atoms with Crippen molar-refractivity contribution in [2.24, 2.45) is 5.73 Å². The summed E-state index contributed by atoms with van der Waals surface area (Å²) in [6.07, 6.45) is 2.74. The third-order valence-electron chi connectivity index (χ3n) is 2.82. The van der Waals surface area contributed by atoms with Crippen LogP contribution in [-0.4, -0.2) is 28.0 Å². The van der Waals surface area contributed by atoms with Crippen molar-refractivity contribution in [1.82, 2.24) is 4.72 Å². The van der Waals surface area contributed by atoms with Crippen LogP contribution in [-0.2, 0) is 10.0 Å². The molecule has 20 heavy (non-hydrogen) atoms. The van der Waals surface area contributed by atoms with E-state index in [0.29, 0.717) is 6.54 Å². The quantitative estimate of drug-likeness (QED) is 0.706. The highest BCUT2D eigenvalue weighted by molar-refractivity contribution is 7.89. The summed E-state index contributed by atoms with van der Waals surface area (Å²) < 4.78 is 31.6. The highest BCUT2D eigenvalue weighted by atomic mass is 32.2. The maximum absolute atomic E-state index is 12.1. The molecule has 0 saturated heterocycles. The van der Waals surface area contributed by atoms with Gasteiger partial charge in [-0.3, -0.25) is 4.79 Å². The van der Waals surface area contributed by atoms with Gasteiger partial charge in [-0.25, -0.2) is 13.1 Å². The van der Waals surface area contributed by atoms with Crippen molar-refractivity contribution >= 4 is 15.9 Å². The van der Waals surface area contributed by atoms with Crippen LogP contribution in [0.15, 0.2) is 23.1 Å². The number of ether oxygens (including phenoxy) is 1. The molecule has 0 fully saturated rings. The second kappa shape index (κ2) is 7.25. The summed E-state index contributed by atoms with van der Waals surface area (Å²) in [4.78, 5) is 11.3. The van der Waals surface area contributed by atoms with E-state index < -0.39 is 15.9 Å². The highest BCUT2D eigenvalue weighted by Crippen LogP contribution is 2.21. The molecule has 0 aliphatic rings. The minimum atomic E-state index is -3.64. The summed E-state index contributed by atoms with van der Waals surface area (Å²) in [6, 6.07) is 4.03. The fourth-order valence-electron chi connectivity index (χ4n) is 1.71. The molecule has 1 rings (SSSR count). The summed E-state index contributed by atoms with van der Waals surface area (Å²) in [6.45, 7) is 2.41. The van der Waals surface area contributed by atoms with Crippen LogP contribution >= 0.6 is 0 Å². The number of methoxy groups -OCH3 is 1. The summed E-state index contributed by atoms with van der Waals surface area (Å²) in [5, 5.41) is 0. The summed E-state index contributed by atoms with van der Waals surface area (Å²) in [7, 11) is -2.25. The van der Waals surface area contributed by atoms with Crippen LogP contribution in [0.1, 0.15) is 36.5 Å². The molecule has 7 heteroatoms. The summed E-state index contributed by atoms with van der Waals surface area (Å²) >= 11 is 0. The fraction of sp³-hybridized carbons (Fsp3) is 0.462. The highest BCUT2D eigenvalue weighted by Gasteiger charge is 2.18. The van der Waals surface area contributed by atoms with Crippen LogP contribution in [0, 0.1) is 0 Å². The van der Waals surface area contributed by atoms with Crippen LogP contribution in [0.25, 0.3) is 0 Å². The van der Waals surface area contributed by atoms with Gasteiger partial charge in [-0.15, -0.1) is 0 Å². The van der Waals surface area contributed by atoms with Gasteiger partial charge in [0.15, 0.2) is 0 Å². The summed E-state index contributed by atoms with van der Waals surface area (Å²) in [5.41, 5.74) is 5.25. The number of rotatable bonds is 8. The number of sulfonamides is 1. The van der Waals surface area contributed by atoms with Crippen molar-refractivity contribution in [2.75, 3.05) is 13.7 Å². The molecule has 1 amide bonds. The van der Waals surface area contributed by atoms with E-state index in [1.807, 2.05) is 6.92 Å². The lowest BCUT2D eigenvalue weighted by atomic mass is 10.2. The number of nitrogens with two attached hydrogens (primary N) is 1. The molecule has 0 spiro atoms. The zero-order chi connectivity index (χ0) is 15.2. The average Bonchev–Trinajstić information content (AvgIpc) is 2.42. The molecule has 0 bridgehead atoms. The van der Waals surface area contributed by atoms with Crippen LogP contribution in [0.3, 0.4) is 0 Å². The molecule has 112 valence electrons. The number of benzene rings is 1. The number of hydrogen-bond donors (Lipinski definition) is 2. The van der Waals surface area contributed by atoms with E-state index in [4.69, 9.17) is 10.5 Å². The minimum Gasteiger partial charge on any atom is -0.496 e. The molecule has 0 aliphatic carbocycles. The molecule has 6 nitrogen and oxygen atoms in total. The second-order valence-corrected chi connectivity index (χ2v) is 6.10. The Kier molecular flexibility index (Phi) is 5.97. The van der Waals surface area contributed by atoms with E-state index in [0.717, 1.165) is 19.3 Å². The van der Waals surface area contributed by atoms with Gasteiger partial charge in [-0.1, -0.05) is 19.8 Å². The van der Waals surface area contributed by atoms with E-state index in [-0.39, 0.29) is 16.2 Å². The third-order valence-corrected chi connectivity index (χ3v) is 4.28. The smallest absolute Gasteiger partial charge is 0.252 e. The number of carbonyl (C=O) groups excluding carboxylic acids is 1. The third kappa shape index (κ3) is 4.21. The molecule has 1 aromatic rings. The van der Waals surface area contributed by atoms with Gasteiger partial charge in [0, 0.05) is 6.54 Å². The van der Waals surface area contributed by atoms with Crippen molar-refractivity contribution in [3.8, 4) is 5.75 Å². The van der Waals surface area contributed by atoms with Crippen molar-refractivity contribution in [2.45, 2.75) is 31.1 Å². The molecule has 0 unspecified atom stereocenters. The van der Waals surface area contributed by atoms with Crippen LogP contribution in [0.4, 0.5) is 0 Å². The van der Waals surface area contributed by atoms with E-state index in [2.05, 4.69) is 4.72 Å². The number of amides is 1. The van der Waals surface area contributed by atoms with Crippen molar-refractivity contribution in [1.29, 1.82) is 0 Å². The number of nitrogens with one attached hydrogen (secondary N) is 1. The molecule has 0 heterocycles. The van der Waals surface area contributed by atoms with Gasteiger partial charge < -0.3 is 10.5 Å². The predicted octanol–water partition coefficient (Wildman–Crippen LogP) is 1.26. The lowest BCUT2D eigenvalue weighted by molar-refractivity contribution is 0.0997. The Morgan fingerprint density at radius 2 is 2.05 bits per heavy atom. The Balaban J connectivity index is 2.95. The number of hydrogen-bond acceptors (Lipinski definition) is 4. The maximum atomic E-state index is 12.1. The van der Waals surface area contributed by atoms with E-state index in [1.54, 1.807) is 0 Å². The molecule has 3 N–H and O–H groups in total. The molecule has 1 aromatic carbocycles. The largest absolute Gasteiger partial charge is 0.496 e. The number of carbonyl (C=O) groups is 1. The Morgan fingerprint density at radius 3 is 2.60 bits per heavy atom. The molecular weight excluding hydrogens is 280 g/mol. The zero-order valence-corrected chi connectivity index (χ0v) is 12.5. The zero-order valence-electron chi connectivity index (χ0n) is 11.7. The minimum absolute atomic E-state index is 0.00333. The standard InChI is InChI=1S/C13H20N2O4S/c1-3-4-5-8-15-20(17,18)10-6-7-12(19-2)11(9-10)13(14)16/h6-7,9,15H,3-5,8H2,1-2H3,(H2,14,16). The van der Waals surface area contributed by atoms with Crippen LogP contribution in [0.5, 0.6) is 5.75 Å². The van der Waals surface area contributed by atoms with Gasteiger partial charge in [0.2, 0.25) is 10.0 Å². The SMILES string of the molecule is CCCCCNS(=O)(=O)c1ccc(OC)c(C(N)=O)c1. The molecule has 0 saturated carbocycles. The Labute approximate surface area is 119 Å². The van der Waals surface area contributed by atoms with Gasteiger partial charge in [0.1, 0.15) is 5.75 Å². The fourth-order valence-corrected chi connectivity index (χ4v) is 2.81. The molecule has 0 aliphatic heterocycles. The van der Waals surface area contributed by atoms with Crippen molar-refractivity contribution in [3.05, 3.63) is 23.8 Å². The monoisotopic (exact) mass is 300 g/mol. The first-order chi connectivity index (χ1) is 9.42. The normalized spacial score (nSPS) is 11.3. The van der Waals surface area contributed by atoms with Gasteiger partial charge in [0.25, 0.3) is 5.91 Å². The maximum Gasteiger partial charge on any atom is 0.252 e. The van der Waals surface area contributed by atoms with Gasteiger partial charge in [-0.2, -0.15) is 0 Å². The average molecular weight is 300 g/mol. The number of unbranched alkanes of at least 4 members (excludes halogenated alkanes) is 2. The molecule has 0 atom stereocenters. The topological polar surface area (TPSA) is 98.5 Å². The second-order valence-electron chi connectivity index (χ2n) is 4.33. The molecule has 0 aromatic heterocycles. The Hall–Kier alpha value is -1.60.